The Morgan fingerprint density at radius 1 is 1.19 bits per heavy atom. The van der Waals surface area contributed by atoms with Crippen molar-refractivity contribution in [3.63, 3.8) is 0 Å². The number of benzene rings is 2. The first-order chi connectivity index (χ1) is 17.9. The van der Waals surface area contributed by atoms with E-state index in [4.69, 9.17) is 14.7 Å². The Hall–Kier alpha value is -3.63. The van der Waals surface area contributed by atoms with Gasteiger partial charge in [-0.2, -0.15) is 5.10 Å². The lowest BCUT2D eigenvalue weighted by Crippen LogP contribution is -2.54. The first-order valence-electron chi connectivity index (χ1n) is 12.7. The fraction of sp³-hybridized carbons (Fsp3) is 0.407. The summed E-state index contributed by atoms with van der Waals surface area (Å²) in [4.78, 5) is 25.5. The summed E-state index contributed by atoms with van der Waals surface area (Å²) in [5, 5.41) is 12.0. The number of halogens is 1. The molecule has 0 radical (unpaired) electrons. The minimum atomic E-state index is -0.485. The highest BCUT2D eigenvalue weighted by Crippen LogP contribution is 2.32. The second-order valence-corrected chi connectivity index (χ2v) is 10.2. The van der Waals surface area contributed by atoms with Gasteiger partial charge >= 0.3 is 0 Å². The number of aromatic nitrogens is 4. The number of nitrogens with zero attached hydrogens (tertiary/aromatic N) is 5. The molecule has 2 N–H and O–H groups in total. The van der Waals surface area contributed by atoms with E-state index >= 15 is 0 Å². The van der Waals surface area contributed by atoms with Gasteiger partial charge in [0, 0.05) is 79.3 Å². The maximum atomic E-state index is 14.6. The Balaban J connectivity index is 1.41. The third-order valence-corrected chi connectivity index (χ3v) is 7.12. The lowest BCUT2D eigenvalue weighted by Gasteiger charge is -2.38. The molecule has 6 rings (SSSR count). The third-order valence-electron chi connectivity index (χ3n) is 7.12. The van der Waals surface area contributed by atoms with Crippen molar-refractivity contribution in [1.29, 1.82) is 0 Å². The van der Waals surface area contributed by atoms with E-state index in [-0.39, 0.29) is 17.3 Å². The molecule has 2 aromatic heterocycles. The predicted molar refractivity (Wildman–Crippen MR) is 141 cm³/mol. The van der Waals surface area contributed by atoms with E-state index in [1.165, 1.54) is 6.07 Å². The molecule has 4 heterocycles. The van der Waals surface area contributed by atoms with Crippen LogP contribution in [0.25, 0.3) is 21.8 Å². The summed E-state index contributed by atoms with van der Waals surface area (Å²) in [7, 11) is 1.73. The van der Waals surface area contributed by atoms with Crippen molar-refractivity contribution in [2.24, 2.45) is 7.05 Å². The van der Waals surface area contributed by atoms with Crippen LogP contribution in [0.1, 0.15) is 42.4 Å². The number of anilines is 2. The number of ether oxygens (including phenoxy) is 1. The Morgan fingerprint density at radius 3 is 2.76 bits per heavy atom. The van der Waals surface area contributed by atoms with Crippen molar-refractivity contribution in [1.82, 2.24) is 25.1 Å². The molecule has 37 heavy (non-hydrogen) atoms. The monoisotopic (exact) mass is 503 g/mol. The summed E-state index contributed by atoms with van der Waals surface area (Å²) in [6, 6.07) is 7.45. The molecule has 0 saturated carbocycles. The van der Waals surface area contributed by atoms with E-state index in [9.17, 15) is 9.18 Å². The van der Waals surface area contributed by atoms with E-state index in [2.05, 4.69) is 34.5 Å². The van der Waals surface area contributed by atoms with Gasteiger partial charge < -0.3 is 20.3 Å². The summed E-state index contributed by atoms with van der Waals surface area (Å²) in [5.74, 6) is -0.0543. The van der Waals surface area contributed by atoms with Gasteiger partial charge in [-0.25, -0.2) is 14.4 Å². The van der Waals surface area contributed by atoms with Crippen LogP contribution in [0.15, 0.2) is 36.7 Å². The van der Waals surface area contributed by atoms with Crippen LogP contribution in [0.4, 0.5) is 15.8 Å². The van der Waals surface area contributed by atoms with Crippen LogP contribution in [-0.4, -0.2) is 64.0 Å². The number of carbonyl (C=O) groups is 1. The van der Waals surface area contributed by atoms with Crippen LogP contribution in [0.2, 0.25) is 0 Å². The topological polar surface area (TPSA) is 97.2 Å². The number of carbonyl (C=O) groups excluding carboxylic acids is 1. The standard InChI is InChI=1S/C27H30FN7O2/c1-15-11-35(12-16(2)30-15)23-5-4-20(25-21(23)10-29-26(32-25)17-6-7-37-14-17)27(36)31-19-8-18-13-34(3)33-24(18)22(28)9-19/h4-5,8-10,13,15-17,30H,6-7,11-12,14H2,1-3H3,(H,31,36)/t15-,16-,17-/m1/s1. The molecule has 0 spiro atoms. The number of amides is 1. The van der Waals surface area contributed by atoms with Gasteiger partial charge in [-0.05, 0) is 44.5 Å². The fourth-order valence-corrected chi connectivity index (χ4v) is 5.52. The quantitative estimate of drug-likeness (QED) is 0.439. The zero-order valence-corrected chi connectivity index (χ0v) is 21.2. The van der Waals surface area contributed by atoms with Crippen LogP contribution in [0, 0.1) is 5.82 Å². The highest BCUT2D eigenvalue weighted by atomic mass is 19.1. The van der Waals surface area contributed by atoms with Gasteiger partial charge in [-0.1, -0.05) is 0 Å². The number of hydrogen-bond acceptors (Lipinski definition) is 7. The molecule has 192 valence electrons. The molecule has 0 unspecified atom stereocenters. The molecule has 2 saturated heterocycles. The molecule has 0 bridgehead atoms. The fourth-order valence-electron chi connectivity index (χ4n) is 5.52. The number of piperazine rings is 1. The van der Waals surface area contributed by atoms with E-state index in [0.717, 1.165) is 30.6 Å². The van der Waals surface area contributed by atoms with E-state index in [1.54, 1.807) is 24.0 Å². The lowest BCUT2D eigenvalue weighted by molar-refractivity contribution is 0.102. The van der Waals surface area contributed by atoms with Gasteiger partial charge in [0.25, 0.3) is 5.91 Å². The minimum Gasteiger partial charge on any atom is -0.381 e. The van der Waals surface area contributed by atoms with Crippen molar-refractivity contribution in [3.05, 3.63) is 53.9 Å². The van der Waals surface area contributed by atoms with E-state index in [1.807, 2.05) is 18.3 Å². The molecule has 0 aliphatic carbocycles. The molecular weight excluding hydrogens is 473 g/mol. The van der Waals surface area contributed by atoms with Gasteiger partial charge in [0.05, 0.1) is 17.7 Å². The van der Waals surface area contributed by atoms with E-state index in [0.29, 0.717) is 53.3 Å². The van der Waals surface area contributed by atoms with Gasteiger partial charge in [0.1, 0.15) is 11.3 Å². The average molecular weight is 504 g/mol. The number of nitrogens with one attached hydrogen (secondary N) is 2. The highest BCUT2D eigenvalue weighted by molar-refractivity contribution is 6.14. The maximum absolute atomic E-state index is 14.6. The summed E-state index contributed by atoms with van der Waals surface area (Å²) < 4.78 is 21.7. The van der Waals surface area contributed by atoms with Crippen molar-refractivity contribution in [2.45, 2.75) is 38.3 Å². The summed E-state index contributed by atoms with van der Waals surface area (Å²) >= 11 is 0. The van der Waals surface area contributed by atoms with Gasteiger partial charge in [0.15, 0.2) is 5.82 Å². The van der Waals surface area contributed by atoms with Crippen molar-refractivity contribution < 1.29 is 13.9 Å². The number of fused-ring (bicyclic) bond motifs is 2. The summed E-state index contributed by atoms with van der Waals surface area (Å²) in [6.45, 7) is 7.27. The van der Waals surface area contributed by atoms with Crippen molar-refractivity contribution >= 4 is 39.1 Å². The second-order valence-electron chi connectivity index (χ2n) is 10.2. The smallest absolute Gasteiger partial charge is 0.257 e. The third kappa shape index (κ3) is 4.51. The zero-order chi connectivity index (χ0) is 25.7. The van der Waals surface area contributed by atoms with Crippen molar-refractivity contribution in [2.75, 3.05) is 36.5 Å². The second kappa shape index (κ2) is 9.35. The van der Waals surface area contributed by atoms with Gasteiger partial charge in [-0.3, -0.25) is 9.48 Å². The number of aryl methyl sites for hydroxylation is 1. The van der Waals surface area contributed by atoms with Crippen LogP contribution in [0.3, 0.4) is 0 Å². The molecule has 4 aromatic rings. The van der Waals surface area contributed by atoms with Crippen molar-refractivity contribution in [3.8, 4) is 0 Å². The van der Waals surface area contributed by atoms with Crippen LogP contribution in [0.5, 0.6) is 0 Å². The van der Waals surface area contributed by atoms with Gasteiger partial charge in [-0.15, -0.1) is 0 Å². The first kappa shape index (κ1) is 23.7. The highest BCUT2D eigenvalue weighted by Gasteiger charge is 2.26. The molecule has 9 nitrogen and oxygen atoms in total. The molecule has 2 aliphatic rings. The molecule has 10 heteroatoms. The summed E-state index contributed by atoms with van der Waals surface area (Å²) in [6.07, 6.45) is 4.40. The Labute approximate surface area is 214 Å². The Kier molecular flexibility index (Phi) is 6.00. The number of rotatable bonds is 4. The molecular formula is C27H30FN7O2. The first-order valence-corrected chi connectivity index (χ1v) is 12.7. The molecule has 3 atom stereocenters. The SMILES string of the molecule is C[C@@H]1CN(c2ccc(C(=O)Nc3cc(F)c4nn(C)cc4c3)c3nc([C@@H]4CCOC4)ncc23)C[C@@H](C)N1. The van der Waals surface area contributed by atoms with Gasteiger partial charge in [0.2, 0.25) is 0 Å². The molecule has 2 fully saturated rings. The predicted octanol–water partition coefficient (Wildman–Crippen LogP) is 3.60. The number of hydrogen-bond donors (Lipinski definition) is 2. The zero-order valence-electron chi connectivity index (χ0n) is 21.2. The average Bonchev–Trinajstić information content (AvgIpc) is 3.52. The maximum Gasteiger partial charge on any atom is 0.257 e. The lowest BCUT2D eigenvalue weighted by atomic mass is 10.0. The Bertz CT molecular complexity index is 1490. The molecule has 2 aliphatic heterocycles. The Morgan fingerprint density at radius 2 is 2.00 bits per heavy atom. The minimum absolute atomic E-state index is 0.102. The normalized spacial score (nSPS) is 22.2. The van der Waals surface area contributed by atoms with Crippen LogP contribution < -0.4 is 15.5 Å². The van der Waals surface area contributed by atoms with Crippen LogP contribution in [-0.2, 0) is 11.8 Å². The van der Waals surface area contributed by atoms with E-state index < -0.39 is 5.82 Å². The molecule has 1 amide bonds. The summed E-state index contributed by atoms with van der Waals surface area (Å²) in [5.41, 5.74) is 2.65. The molecule has 2 aromatic carbocycles. The van der Waals surface area contributed by atoms with Crippen LogP contribution >= 0.6 is 0 Å². The largest absolute Gasteiger partial charge is 0.381 e.